The van der Waals surface area contributed by atoms with Gasteiger partial charge in [-0.2, -0.15) is 0 Å². The van der Waals surface area contributed by atoms with E-state index < -0.39 is 11.4 Å². The zero-order valence-corrected chi connectivity index (χ0v) is 11.7. The van der Waals surface area contributed by atoms with Crippen LogP contribution in [0.1, 0.15) is 31.7 Å². The smallest absolute Gasteiger partial charge is 0.311 e. The molecular weight excluding hydrogens is 256 g/mol. The van der Waals surface area contributed by atoms with Crippen LogP contribution in [0.5, 0.6) is 0 Å². The highest BCUT2D eigenvalue weighted by atomic mass is 16.4. The highest BCUT2D eigenvalue weighted by Crippen LogP contribution is 2.30. The number of piperidine rings is 1. The Hall–Kier alpha value is -1.91. The Bertz CT molecular complexity index is 489. The van der Waals surface area contributed by atoms with Crippen LogP contribution in [0.4, 0.5) is 0 Å². The van der Waals surface area contributed by atoms with E-state index in [-0.39, 0.29) is 5.91 Å². The zero-order valence-electron chi connectivity index (χ0n) is 11.7. The van der Waals surface area contributed by atoms with E-state index in [0.717, 1.165) is 12.0 Å². The van der Waals surface area contributed by atoms with Crippen molar-refractivity contribution < 1.29 is 14.7 Å². The first-order valence-electron chi connectivity index (χ1n) is 6.91. The fraction of sp³-hybridized carbons (Fsp3) is 0.533. The monoisotopic (exact) mass is 276 g/mol. The molecule has 1 fully saturated rings. The van der Waals surface area contributed by atoms with Gasteiger partial charge in [-0.1, -0.05) is 0 Å². The Labute approximate surface area is 118 Å². The summed E-state index contributed by atoms with van der Waals surface area (Å²) < 4.78 is 0. The molecule has 20 heavy (non-hydrogen) atoms. The highest BCUT2D eigenvalue weighted by Gasteiger charge is 2.39. The average Bonchev–Trinajstić information content (AvgIpc) is 2.46. The highest BCUT2D eigenvalue weighted by molar-refractivity contribution is 5.79. The lowest BCUT2D eigenvalue weighted by atomic mass is 9.82. The van der Waals surface area contributed by atoms with Gasteiger partial charge in [-0.05, 0) is 43.9 Å². The van der Waals surface area contributed by atoms with E-state index in [0.29, 0.717) is 32.4 Å². The summed E-state index contributed by atoms with van der Waals surface area (Å²) >= 11 is 0. The van der Waals surface area contributed by atoms with Crippen molar-refractivity contribution >= 4 is 11.9 Å². The second kappa shape index (κ2) is 6.03. The van der Waals surface area contributed by atoms with Crippen molar-refractivity contribution in [1.82, 2.24) is 9.88 Å². The number of carboxylic acids is 1. The van der Waals surface area contributed by atoms with Crippen LogP contribution >= 0.6 is 0 Å². The van der Waals surface area contributed by atoms with Gasteiger partial charge in [0.1, 0.15) is 0 Å². The Morgan fingerprint density at radius 3 is 2.75 bits per heavy atom. The first-order valence-corrected chi connectivity index (χ1v) is 6.91. The third-order valence-corrected chi connectivity index (χ3v) is 3.94. The number of hydrogen-bond donors (Lipinski definition) is 1. The maximum atomic E-state index is 12.2. The molecular formula is C15H20N2O3. The standard InChI is InChI=1S/C15H20N2O3/c1-15(14(19)20)7-2-10-17(11-15)13(18)4-3-12-5-8-16-9-6-12/h5-6,8-9H,2-4,7,10-11H2,1H3,(H,19,20). The third-order valence-electron chi connectivity index (χ3n) is 3.94. The fourth-order valence-corrected chi connectivity index (χ4v) is 2.59. The molecule has 0 bridgehead atoms. The van der Waals surface area contributed by atoms with Crippen LogP contribution in [-0.4, -0.2) is 40.0 Å². The van der Waals surface area contributed by atoms with Crippen LogP contribution in [0.2, 0.25) is 0 Å². The molecule has 1 aliphatic rings. The molecule has 1 aliphatic heterocycles. The van der Waals surface area contributed by atoms with E-state index in [2.05, 4.69) is 4.98 Å². The lowest BCUT2D eigenvalue weighted by molar-refractivity contribution is -0.153. The molecule has 1 N–H and O–H groups in total. The van der Waals surface area contributed by atoms with Gasteiger partial charge in [0.25, 0.3) is 0 Å². The topological polar surface area (TPSA) is 70.5 Å². The lowest BCUT2D eigenvalue weighted by Crippen LogP contribution is -2.48. The Morgan fingerprint density at radius 2 is 2.10 bits per heavy atom. The number of likely N-dealkylation sites (tertiary alicyclic amines) is 1. The molecule has 1 aromatic rings. The number of carbonyl (C=O) groups is 2. The summed E-state index contributed by atoms with van der Waals surface area (Å²) in [7, 11) is 0. The number of hydrogen-bond acceptors (Lipinski definition) is 3. The summed E-state index contributed by atoms with van der Waals surface area (Å²) in [6.07, 6.45) is 5.89. The second-order valence-electron chi connectivity index (χ2n) is 5.64. The number of carboxylic acid groups (broad SMARTS) is 1. The van der Waals surface area contributed by atoms with Gasteiger partial charge >= 0.3 is 5.97 Å². The van der Waals surface area contributed by atoms with Crippen molar-refractivity contribution in [2.24, 2.45) is 5.41 Å². The Balaban J connectivity index is 1.91. The number of rotatable bonds is 4. The molecule has 0 radical (unpaired) electrons. The third kappa shape index (κ3) is 3.35. The minimum atomic E-state index is -0.816. The van der Waals surface area contributed by atoms with Crippen LogP contribution < -0.4 is 0 Å². The molecule has 1 aromatic heterocycles. The molecule has 2 rings (SSSR count). The van der Waals surface area contributed by atoms with Gasteiger partial charge in [-0.3, -0.25) is 14.6 Å². The van der Waals surface area contributed by atoms with Crippen LogP contribution in [0.15, 0.2) is 24.5 Å². The van der Waals surface area contributed by atoms with Gasteiger partial charge in [0.15, 0.2) is 0 Å². The van der Waals surface area contributed by atoms with Crippen molar-refractivity contribution in [1.29, 1.82) is 0 Å². The summed E-state index contributed by atoms with van der Waals surface area (Å²) in [5.74, 6) is -0.780. The molecule has 1 saturated heterocycles. The molecule has 1 atom stereocenters. The van der Waals surface area contributed by atoms with E-state index in [4.69, 9.17) is 0 Å². The Kier molecular flexibility index (Phi) is 4.37. The summed E-state index contributed by atoms with van der Waals surface area (Å²) in [5, 5.41) is 9.26. The molecule has 5 heteroatoms. The molecule has 0 aliphatic carbocycles. The predicted molar refractivity (Wildman–Crippen MR) is 74.1 cm³/mol. The maximum absolute atomic E-state index is 12.2. The van der Waals surface area contributed by atoms with E-state index in [9.17, 15) is 14.7 Å². The van der Waals surface area contributed by atoms with Gasteiger partial charge < -0.3 is 10.0 Å². The summed E-state index contributed by atoms with van der Waals surface area (Å²) in [4.78, 5) is 29.1. The molecule has 0 spiro atoms. The number of aliphatic carboxylic acids is 1. The first-order chi connectivity index (χ1) is 9.51. The van der Waals surface area contributed by atoms with E-state index in [1.54, 1.807) is 24.2 Å². The van der Waals surface area contributed by atoms with E-state index in [1.165, 1.54) is 0 Å². The molecule has 2 heterocycles. The van der Waals surface area contributed by atoms with Gasteiger partial charge in [-0.15, -0.1) is 0 Å². The van der Waals surface area contributed by atoms with E-state index >= 15 is 0 Å². The van der Waals surface area contributed by atoms with Crippen LogP contribution in [0.3, 0.4) is 0 Å². The van der Waals surface area contributed by atoms with Gasteiger partial charge in [0, 0.05) is 31.9 Å². The molecule has 5 nitrogen and oxygen atoms in total. The van der Waals surface area contributed by atoms with Crippen LogP contribution in [0.25, 0.3) is 0 Å². The average molecular weight is 276 g/mol. The number of aryl methyl sites for hydroxylation is 1. The van der Waals surface area contributed by atoms with Crippen molar-refractivity contribution in [3.05, 3.63) is 30.1 Å². The van der Waals surface area contributed by atoms with Crippen molar-refractivity contribution in [3.63, 3.8) is 0 Å². The minimum Gasteiger partial charge on any atom is -0.481 e. The van der Waals surface area contributed by atoms with Crippen LogP contribution in [0, 0.1) is 5.41 Å². The van der Waals surface area contributed by atoms with Crippen molar-refractivity contribution in [2.45, 2.75) is 32.6 Å². The number of pyridine rings is 1. The van der Waals surface area contributed by atoms with Crippen LogP contribution in [-0.2, 0) is 16.0 Å². The number of carbonyl (C=O) groups excluding carboxylic acids is 1. The minimum absolute atomic E-state index is 0.0361. The molecule has 1 amide bonds. The lowest BCUT2D eigenvalue weighted by Gasteiger charge is -2.37. The molecule has 1 unspecified atom stereocenters. The largest absolute Gasteiger partial charge is 0.481 e. The molecule has 108 valence electrons. The second-order valence-corrected chi connectivity index (χ2v) is 5.64. The van der Waals surface area contributed by atoms with Gasteiger partial charge in [0.05, 0.1) is 5.41 Å². The first kappa shape index (κ1) is 14.5. The number of amides is 1. The number of aromatic nitrogens is 1. The maximum Gasteiger partial charge on any atom is 0.311 e. The summed E-state index contributed by atoms with van der Waals surface area (Å²) in [6, 6.07) is 3.79. The van der Waals surface area contributed by atoms with Crippen molar-refractivity contribution in [3.8, 4) is 0 Å². The normalized spacial score (nSPS) is 22.6. The zero-order chi connectivity index (χ0) is 14.6. The quantitative estimate of drug-likeness (QED) is 0.909. The summed E-state index contributed by atoms with van der Waals surface area (Å²) in [6.45, 7) is 2.70. The predicted octanol–water partition coefficient (Wildman–Crippen LogP) is 1.73. The SMILES string of the molecule is CC1(C(=O)O)CCCN(C(=O)CCc2ccncc2)C1. The van der Waals surface area contributed by atoms with Gasteiger partial charge in [0.2, 0.25) is 5.91 Å². The van der Waals surface area contributed by atoms with Crippen molar-refractivity contribution in [2.75, 3.05) is 13.1 Å². The summed E-state index contributed by atoms with van der Waals surface area (Å²) in [5.41, 5.74) is 0.274. The molecule has 0 aromatic carbocycles. The van der Waals surface area contributed by atoms with E-state index in [1.807, 2.05) is 12.1 Å². The molecule has 0 saturated carbocycles. The number of nitrogens with zero attached hydrogens (tertiary/aromatic N) is 2. The fourth-order valence-electron chi connectivity index (χ4n) is 2.59. The van der Waals surface area contributed by atoms with Gasteiger partial charge in [-0.25, -0.2) is 0 Å². The Morgan fingerprint density at radius 1 is 1.40 bits per heavy atom.